The zero-order valence-corrected chi connectivity index (χ0v) is 34.5. The number of anilines is 2. The summed E-state index contributed by atoms with van der Waals surface area (Å²) in [6, 6.07) is 10.8. The molecule has 0 bridgehead atoms. The average Bonchev–Trinajstić information content (AvgIpc) is 3.75. The molecule has 5 amide bonds. The van der Waals surface area contributed by atoms with Crippen molar-refractivity contribution in [1.29, 1.82) is 0 Å². The summed E-state index contributed by atoms with van der Waals surface area (Å²) < 4.78 is 9.96. The van der Waals surface area contributed by atoms with Crippen molar-refractivity contribution in [2.75, 3.05) is 43.5 Å². The molecule has 4 fully saturated rings. The Morgan fingerprint density at radius 1 is 0.984 bits per heavy atom. The molecule has 3 aromatic heterocycles. The van der Waals surface area contributed by atoms with E-state index < -0.39 is 23.8 Å². The van der Waals surface area contributed by atoms with Gasteiger partial charge in [-0.25, -0.2) is 9.50 Å². The number of hydrogen-bond acceptors (Lipinski definition) is 11. The number of piperidine rings is 2. The number of benzene rings is 2. The summed E-state index contributed by atoms with van der Waals surface area (Å²) in [6.45, 7) is 5.63. The summed E-state index contributed by atoms with van der Waals surface area (Å²) in [5, 5.41) is 15.6. The Labute approximate surface area is 352 Å². The molecule has 2 saturated heterocycles. The van der Waals surface area contributed by atoms with Crippen LogP contribution in [-0.2, 0) is 9.59 Å². The van der Waals surface area contributed by atoms with E-state index in [-0.39, 0.29) is 36.1 Å². The van der Waals surface area contributed by atoms with Crippen LogP contribution in [-0.4, -0.2) is 109 Å². The molecule has 16 nitrogen and oxygen atoms in total. The Hall–Kier alpha value is -6.16. The molecular formula is C45H50N10O6. The van der Waals surface area contributed by atoms with Crippen molar-refractivity contribution in [2.45, 2.75) is 89.3 Å². The van der Waals surface area contributed by atoms with Gasteiger partial charge in [0.05, 0.1) is 41.2 Å². The van der Waals surface area contributed by atoms with Gasteiger partial charge in [-0.3, -0.25) is 38.9 Å². The van der Waals surface area contributed by atoms with Crippen LogP contribution in [0.3, 0.4) is 0 Å². The minimum atomic E-state index is -0.975. The van der Waals surface area contributed by atoms with Crippen molar-refractivity contribution in [3.8, 4) is 5.75 Å². The summed E-state index contributed by atoms with van der Waals surface area (Å²) in [6.07, 6.45) is 15.7. The van der Waals surface area contributed by atoms with Crippen LogP contribution in [0.15, 0.2) is 61.2 Å². The molecule has 61 heavy (non-hydrogen) atoms. The highest BCUT2D eigenvalue weighted by molar-refractivity contribution is 6.23. The van der Waals surface area contributed by atoms with Crippen LogP contribution in [0.2, 0.25) is 0 Å². The third kappa shape index (κ3) is 7.51. The van der Waals surface area contributed by atoms with Gasteiger partial charge in [-0.1, -0.05) is 6.92 Å². The molecule has 0 radical (unpaired) electrons. The highest BCUT2D eigenvalue weighted by Gasteiger charge is 2.45. The SMILES string of the molecule is CN(CC1(C)CCN(c2ccc3c(c2)C(=O)N(C2CCC(=O)NC2=O)C3=O)CC1)C1CCC(n2cc3cc(NC(=O)c4cnn5cccnc45)c(OCC4CC4)cc3n2)CC1. The smallest absolute Gasteiger partial charge is 0.262 e. The first-order valence-electron chi connectivity index (χ1n) is 21.6. The molecular weight excluding hydrogens is 777 g/mol. The molecule has 316 valence electrons. The van der Waals surface area contributed by atoms with Gasteiger partial charge in [0, 0.05) is 67.8 Å². The molecule has 5 aromatic rings. The van der Waals surface area contributed by atoms with Gasteiger partial charge in [0.1, 0.15) is 17.4 Å². The molecule has 16 heteroatoms. The number of carbonyl (C=O) groups excluding carboxylic acids is 5. The van der Waals surface area contributed by atoms with E-state index in [1.165, 1.54) is 6.20 Å². The van der Waals surface area contributed by atoms with Crippen molar-refractivity contribution in [3.63, 3.8) is 0 Å². The van der Waals surface area contributed by atoms with Crippen LogP contribution in [0, 0.1) is 11.3 Å². The highest BCUT2D eigenvalue weighted by atomic mass is 16.5. The largest absolute Gasteiger partial charge is 0.491 e. The van der Waals surface area contributed by atoms with Gasteiger partial charge in [-0.05, 0) is 106 Å². The summed E-state index contributed by atoms with van der Waals surface area (Å²) in [7, 11) is 2.25. The lowest BCUT2D eigenvalue weighted by Crippen LogP contribution is -2.54. The molecule has 2 saturated carbocycles. The summed E-state index contributed by atoms with van der Waals surface area (Å²) in [4.78, 5) is 74.5. The Balaban J connectivity index is 0.750. The Bertz CT molecular complexity index is 2580. The van der Waals surface area contributed by atoms with Crippen molar-refractivity contribution >= 4 is 57.5 Å². The number of amides is 5. The molecule has 6 heterocycles. The molecule has 2 N–H and O–H groups in total. The number of rotatable bonds is 11. The van der Waals surface area contributed by atoms with Gasteiger partial charge >= 0.3 is 0 Å². The van der Waals surface area contributed by atoms with E-state index in [4.69, 9.17) is 9.84 Å². The second kappa shape index (κ2) is 15.4. The van der Waals surface area contributed by atoms with Gasteiger partial charge in [-0.15, -0.1) is 0 Å². The number of fused-ring (bicyclic) bond motifs is 3. The molecule has 0 spiro atoms. The van der Waals surface area contributed by atoms with Crippen LogP contribution in [0.25, 0.3) is 16.6 Å². The lowest BCUT2D eigenvalue weighted by Gasteiger charge is -2.45. The quantitative estimate of drug-likeness (QED) is 0.167. The second-order valence-electron chi connectivity index (χ2n) is 18.0. The van der Waals surface area contributed by atoms with E-state index in [1.54, 1.807) is 35.1 Å². The fourth-order valence-electron chi connectivity index (χ4n) is 9.76. The minimum Gasteiger partial charge on any atom is -0.491 e. The summed E-state index contributed by atoms with van der Waals surface area (Å²) in [5.74, 6) is -1.09. The van der Waals surface area contributed by atoms with Crippen LogP contribution in [0.4, 0.5) is 11.4 Å². The number of imide groups is 2. The Morgan fingerprint density at radius 3 is 2.54 bits per heavy atom. The first-order chi connectivity index (χ1) is 29.5. The molecule has 1 unspecified atom stereocenters. The third-order valence-electron chi connectivity index (χ3n) is 13.6. The number of nitrogens with zero attached hydrogens (tertiary/aromatic N) is 8. The van der Waals surface area contributed by atoms with Crippen molar-refractivity contribution < 1.29 is 28.7 Å². The number of ether oxygens (including phenoxy) is 1. The normalized spacial score (nSPS) is 22.9. The second-order valence-corrected chi connectivity index (χ2v) is 18.0. The van der Waals surface area contributed by atoms with Gasteiger partial charge in [-0.2, -0.15) is 10.2 Å². The molecule has 3 aliphatic heterocycles. The van der Waals surface area contributed by atoms with E-state index >= 15 is 0 Å². The molecule has 2 aromatic carbocycles. The Kier molecular flexibility index (Phi) is 9.84. The fourth-order valence-corrected chi connectivity index (χ4v) is 9.76. The maximum atomic E-state index is 13.5. The van der Waals surface area contributed by atoms with Crippen LogP contribution in [0.1, 0.15) is 108 Å². The van der Waals surface area contributed by atoms with E-state index in [2.05, 4.69) is 55.4 Å². The van der Waals surface area contributed by atoms with Crippen molar-refractivity contribution in [3.05, 3.63) is 77.9 Å². The van der Waals surface area contributed by atoms with E-state index in [0.29, 0.717) is 52.3 Å². The standard InChI is InChI=1S/C45H50N10O6/c1-45(14-18-52(19-15-45)31-10-11-32-33(21-31)44(60)55(43(32)59)37-12-13-39(56)49-42(37)58)26-51(2)29-6-8-30(9-7-29)54-24-28-20-36(38(22-35(28)50-54)61-25-27-4-5-27)48-41(57)34-23-47-53-17-3-16-46-40(34)53/h3,10-11,16-17,20-24,27,29-30,37H,4-9,12-15,18-19,25-26H2,1-2H3,(H,48,57)(H,49,56,58). The minimum absolute atomic E-state index is 0.0925. The predicted octanol–water partition coefficient (Wildman–Crippen LogP) is 5.24. The van der Waals surface area contributed by atoms with Crippen molar-refractivity contribution in [1.82, 2.24) is 39.5 Å². The fraction of sp³-hybridized carbons (Fsp3) is 0.467. The molecule has 1 atom stereocenters. The zero-order chi connectivity index (χ0) is 42.0. The van der Waals surface area contributed by atoms with Crippen molar-refractivity contribution in [2.24, 2.45) is 11.3 Å². The number of hydrogen-bond donors (Lipinski definition) is 2. The molecule has 10 rings (SSSR count). The molecule has 2 aliphatic carbocycles. The van der Waals surface area contributed by atoms with Crippen LogP contribution in [0.5, 0.6) is 5.75 Å². The van der Waals surface area contributed by atoms with Gasteiger partial charge < -0.3 is 19.9 Å². The van der Waals surface area contributed by atoms with E-state index in [9.17, 15) is 24.0 Å². The van der Waals surface area contributed by atoms with E-state index in [1.807, 2.05) is 18.2 Å². The summed E-state index contributed by atoms with van der Waals surface area (Å²) in [5.41, 5.74) is 3.97. The predicted molar refractivity (Wildman–Crippen MR) is 225 cm³/mol. The maximum Gasteiger partial charge on any atom is 0.262 e. The first kappa shape index (κ1) is 39.0. The van der Waals surface area contributed by atoms with Crippen LogP contribution >= 0.6 is 0 Å². The third-order valence-corrected chi connectivity index (χ3v) is 13.6. The lowest BCUT2D eigenvalue weighted by molar-refractivity contribution is -0.136. The summed E-state index contributed by atoms with van der Waals surface area (Å²) >= 11 is 0. The van der Waals surface area contributed by atoms with Gasteiger partial charge in [0.15, 0.2) is 5.65 Å². The Morgan fingerprint density at radius 2 is 1.77 bits per heavy atom. The number of nitrogens with one attached hydrogen (secondary N) is 2. The lowest BCUT2D eigenvalue weighted by atomic mass is 9.79. The topological polar surface area (TPSA) is 176 Å². The number of carbonyl (C=O) groups is 5. The number of aromatic nitrogens is 5. The maximum absolute atomic E-state index is 13.5. The van der Waals surface area contributed by atoms with Crippen LogP contribution < -0.4 is 20.3 Å². The highest BCUT2D eigenvalue weighted by Crippen LogP contribution is 2.40. The van der Waals surface area contributed by atoms with Gasteiger partial charge in [0.25, 0.3) is 17.7 Å². The van der Waals surface area contributed by atoms with E-state index in [0.717, 1.165) is 92.5 Å². The first-order valence-corrected chi connectivity index (χ1v) is 21.6. The van der Waals surface area contributed by atoms with Gasteiger partial charge in [0.2, 0.25) is 11.8 Å². The zero-order valence-electron chi connectivity index (χ0n) is 34.5. The monoisotopic (exact) mass is 826 g/mol. The average molecular weight is 827 g/mol. The molecule has 5 aliphatic rings.